The van der Waals surface area contributed by atoms with Gasteiger partial charge in [0.2, 0.25) is 0 Å². The lowest BCUT2D eigenvalue weighted by Gasteiger charge is -2.30. The van der Waals surface area contributed by atoms with Gasteiger partial charge in [-0.25, -0.2) is 4.99 Å². The van der Waals surface area contributed by atoms with Crippen LogP contribution in [0.1, 0.15) is 34.7 Å². The molecule has 1 aliphatic carbocycles. The zero-order valence-corrected chi connectivity index (χ0v) is 20.9. The third-order valence-corrected chi connectivity index (χ3v) is 8.45. The Bertz CT molecular complexity index is 1610. The normalized spacial score (nSPS) is 17.1. The van der Waals surface area contributed by atoms with E-state index in [2.05, 4.69) is 54.8 Å². The molecule has 1 aromatic heterocycles. The van der Waals surface area contributed by atoms with Crippen LogP contribution in [0.25, 0.3) is 11.8 Å². The topological polar surface area (TPSA) is 34.4 Å². The molecule has 0 radical (unpaired) electrons. The quantitative estimate of drug-likeness (QED) is 0.338. The molecule has 0 saturated heterocycles. The summed E-state index contributed by atoms with van der Waals surface area (Å²) in [5, 5.41) is 0.688. The summed E-state index contributed by atoms with van der Waals surface area (Å²) in [5.74, 6) is 0. The lowest BCUT2D eigenvalue weighted by atomic mass is 9.83. The van der Waals surface area contributed by atoms with Gasteiger partial charge in [0.05, 0.1) is 16.3 Å². The molecule has 3 aromatic carbocycles. The minimum absolute atomic E-state index is 0.00283. The summed E-state index contributed by atoms with van der Waals surface area (Å²) < 4.78 is 2.57. The Balaban J connectivity index is 1.59. The summed E-state index contributed by atoms with van der Waals surface area (Å²) in [4.78, 5) is 20.7. The molecule has 1 aliphatic heterocycles. The lowest BCUT2D eigenvalue weighted by molar-refractivity contribution is 0.585. The first-order valence-corrected chi connectivity index (χ1v) is 13.6. The zero-order valence-electron chi connectivity index (χ0n) is 18.5. The fourth-order valence-electron chi connectivity index (χ4n) is 4.82. The molecule has 0 N–H and O–H groups in total. The van der Waals surface area contributed by atoms with Crippen LogP contribution in [0.4, 0.5) is 0 Å². The summed E-state index contributed by atoms with van der Waals surface area (Å²) >= 11 is 9.37. The van der Waals surface area contributed by atoms with Gasteiger partial charge in [-0.15, -0.1) is 11.8 Å². The van der Waals surface area contributed by atoms with E-state index in [0.717, 1.165) is 34.5 Å². The van der Waals surface area contributed by atoms with Crippen LogP contribution in [0.2, 0.25) is 5.02 Å². The molecule has 0 bridgehead atoms. The molecule has 4 aromatic rings. The first-order valence-electron chi connectivity index (χ1n) is 11.1. The lowest BCUT2D eigenvalue weighted by Crippen LogP contribution is -2.38. The minimum Gasteiger partial charge on any atom is -0.272 e. The van der Waals surface area contributed by atoms with Gasteiger partial charge in [0.15, 0.2) is 4.80 Å². The van der Waals surface area contributed by atoms with Crippen LogP contribution in [0.5, 0.6) is 0 Å². The van der Waals surface area contributed by atoms with Gasteiger partial charge in [-0.05, 0) is 71.7 Å². The van der Waals surface area contributed by atoms with E-state index < -0.39 is 0 Å². The van der Waals surface area contributed by atoms with E-state index in [-0.39, 0.29) is 11.6 Å². The molecule has 0 saturated carbocycles. The molecule has 168 valence electrons. The predicted molar refractivity (Wildman–Crippen MR) is 142 cm³/mol. The highest BCUT2D eigenvalue weighted by molar-refractivity contribution is 7.98. The summed E-state index contributed by atoms with van der Waals surface area (Å²) in [7, 11) is 0. The van der Waals surface area contributed by atoms with E-state index in [1.807, 2.05) is 34.9 Å². The van der Waals surface area contributed by atoms with Crippen molar-refractivity contribution in [1.82, 2.24) is 4.57 Å². The first kappa shape index (κ1) is 21.7. The van der Waals surface area contributed by atoms with Crippen LogP contribution >= 0.6 is 34.7 Å². The van der Waals surface area contributed by atoms with Gasteiger partial charge in [-0.2, -0.15) is 0 Å². The number of thiazole rings is 1. The number of hydrogen-bond acceptors (Lipinski definition) is 4. The SMILES string of the molecule is CSc1ccc(C=c2sc3n(c2=O)C(c2ccc(Cl)cc2)C2=C(N=3)c3ccccc3CC2)cc1. The molecule has 0 fully saturated rings. The van der Waals surface area contributed by atoms with Crippen molar-refractivity contribution in [1.29, 1.82) is 0 Å². The van der Waals surface area contributed by atoms with E-state index in [0.29, 0.717) is 9.55 Å². The van der Waals surface area contributed by atoms with E-state index in [1.165, 1.54) is 32.9 Å². The van der Waals surface area contributed by atoms with Crippen molar-refractivity contribution in [2.45, 2.75) is 23.8 Å². The average molecular weight is 501 g/mol. The number of allylic oxidation sites excluding steroid dienone is 1. The summed E-state index contributed by atoms with van der Waals surface area (Å²) in [6.45, 7) is 0. The standard InChI is InChI=1S/C28H21ClN2OS2/c1-33-21-13-6-17(7-14-21)16-24-27(32)31-26(19-8-11-20(29)12-9-19)23-15-10-18-4-2-3-5-22(18)25(23)30-28(31)34-24/h2-9,11-14,16,26H,10,15H2,1H3. The third kappa shape index (κ3) is 3.68. The molecule has 1 atom stereocenters. The maximum atomic E-state index is 13.7. The van der Waals surface area contributed by atoms with Crippen molar-refractivity contribution in [3.8, 4) is 0 Å². The highest BCUT2D eigenvalue weighted by atomic mass is 35.5. The number of aryl methyl sites for hydroxylation is 1. The van der Waals surface area contributed by atoms with Gasteiger partial charge in [0.25, 0.3) is 5.56 Å². The number of hydrogen-bond donors (Lipinski definition) is 0. The number of fused-ring (bicyclic) bond motifs is 3. The Kier molecular flexibility index (Phi) is 5.56. The van der Waals surface area contributed by atoms with E-state index in [9.17, 15) is 4.79 Å². The Morgan fingerprint density at radius 1 is 1.03 bits per heavy atom. The number of halogens is 1. The summed E-state index contributed by atoms with van der Waals surface area (Å²) in [5.41, 5.74) is 6.77. The van der Waals surface area contributed by atoms with Gasteiger partial charge in [-0.1, -0.05) is 71.5 Å². The molecule has 1 unspecified atom stereocenters. The Morgan fingerprint density at radius 3 is 2.56 bits per heavy atom. The largest absolute Gasteiger partial charge is 0.272 e. The third-order valence-electron chi connectivity index (χ3n) is 6.47. The second-order valence-corrected chi connectivity index (χ2v) is 10.8. The molecule has 2 heterocycles. The van der Waals surface area contributed by atoms with E-state index in [4.69, 9.17) is 16.6 Å². The average Bonchev–Trinajstić information content (AvgIpc) is 3.18. The maximum absolute atomic E-state index is 13.7. The van der Waals surface area contributed by atoms with Crippen molar-refractivity contribution in [2.75, 3.05) is 6.26 Å². The molecule has 0 amide bonds. The highest BCUT2D eigenvalue weighted by Crippen LogP contribution is 2.41. The number of aromatic nitrogens is 1. The molecular weight excluding hydrogens is 480 g/mol. The van der Waals surface area contributed by atoms with Crippen molar-refractivity contribution < 1.29 is 0 Å². The van der Waals surface area contributed by atoms with Crippen LogP contribution in [-0.4, -0.2) is 10.8 Å². The molecule has 6 heteroatoms. The molecule has 34 heavy (non-hydrogen) atoms. The summed E-state index contributed by atoms with van der Waals surface area (Å²) in [6, 6.07) is 24.4. The van der Waals surface area contributed by atoms with Crippen LogP contribution in [0.15, 0.2) is 93.1 Å². The van der Waals surface area contributed by atoms with Gasteiger partial charge in [-0.3, -0.25) is 9.36 Å². The van der Waals surface area contributed by atoms with E-state index >= 15 is 0 Å². The molecular formula is C28H21ClN2OS2. The molecule has 0 spiro atoms. The van der Waals surface area contributed by atoms with Crippen LogP contribution < -0.4 is 14.9 Å². The number of benzene rings is 3. The van der Waals surface area contributed by atoms with Gasteiger partial charge < -0.3 is 0 Å². The van der Waals surface area contributed by atoms with E-state index in [1.54, 1.807) is 11.8 Å². The van der Waals surface area contributed by atoms with Gasteiger partial charge in [0, 0.05) is 15.5 Å². The maximum Gasteiger partial charge on any atom is 0.271 e. The van der Waals surface area contributed by atoms with Crippen LogP contribution in [0, 0.1) is 0 Å². The molecule has 6 rings (SSSR count). The van der Waals surface area contributed by atoms with Crippen LogP contribution in [0.3, 0.4) is 0 Å². The van der Waals surface area contributed by atoms with Gasteiger partial charge in [0.1, 0.15) is 0 Å². The zero-order chi connectivity index (χ0) is 23.2. The first-order chi connectivity index (χ1) is 16.6. The number of rotatable bonds is 3. The van der Waals surface area contributed by atoms with Crippen LogP contribution in [-0.2, 0) is 6.42 Å². The Hall–Kier alpha value is -2.86. The minimum atomic E-state index is -0.183. The molecule has 2 aliphatic rings. The Morgan fingerprint density at radius 2 is 1.79 bits per heavy atom. The van der Waals surface area contributed by atoms with Crippen molar-refractivity contribution in [2.24, 2.45) is 4.99 Å². The second-order valence-electron chi connectivity index (χ2n) is 8.44. The fourth-order valence-corrected chi connectivity index (χ4v) is 6.35. The smallest absolute Gasteiger partial charge is 0.271 e. The van der Waals surface area contributed by atoms with Crippen molar-refractivity contribution in [3.63, 3.8) is 0 Å². The highest BCUT2D eigenvalue weighted by Gasteiger charge is 2.32. The Labute approximate surface area is 210 Å². The van der Waals surface area contributed by atoms with Gasteiger partial charge >= 0.3 is 0 Å². The predicted octanol–water partition coefficient (Wildman–Crippen LogP) is 5.69. The molecule has 3 nitrogen and oxygen atoms in total. The summed E-state index contributed by atoms with van der Waals surface area (Å²) in [6.07, 6.45) is 5.86. The monoisotopic (exact) mass is 500 g/mol. The fraction of sp³-hybridized carbons (Fsp3) is 0.143. The number of thioether (sulfide) groups is 1. The van der Waals surface area contributed by atoms with Crippen molar-refractivity contribution in [3.05, 3.63) is 125 Å². The second kappa shape index (κ2) is 8.73. The van der Waals surface area contributed by atoms with Crippen molar-refractivity contribution >= 4 is 46.5 Å². The number of nitrogens with zero attached hydrogens (tertiary/aromatic N) is 2.